The number of rotatable bonds is 14. The van der Waals surface area contributed by atoms with Crippen LogP contribution in [0.3, 0.4) is 0 Å². The number of hydrogen-bond donors (Lipinski definition) is 1. The topological polar surface area (TPSA) is 66.0 Å². The Hall–Kier alpha value is -0.256. The van der Waals surface area contributed by atoms with Crippen molar-refractivity contribution in [3.8, 4) is 0 Å². The average molecular weight is 422 g/mol. The highest BCUT2D eigenvalue weighted by Gasteiger charge is 2.41. The van der Waals surface area contributed by atoms with E-state index in [1.165, 1.54) is 0 Å². The maximum Gasteiger partial charge on any atom is 0.500 e. The van der Waals surface area contributed by atoms with Crippen LogP contribution in [-0.4, -0.2) is 56.0 Å². The summed E-state index contributed by atoms with van der Waals surface area (Å²) in [4.78, 5) is 12.4. The van der Waals surface area contributed by atoms with E-state index in [1.54, 1.807) is 0 Å². The molecule has 6 nitrogen and oxygen atoms in total. The van der Waals surface area contributed by atoms with Crippen LogP contribution in [0.4, 0.5) is 0 Å². The highest BCUT2D eigenvalue weighted by atomic mass is 28.4. The Bertz CT molecular complexity index is 410. The first-order valence-electron chi connectivity index (χ1n) is 10.3. The summed E-state index contributed by atoms with van der Waals surface area (Å²) >= 11 is 0. The van der Waals surface area contributed by atoms with Crippen molar-refractivity contribution in [2.24, 2.45) is 5.92 Å². The predicted molar refractivity (Wildman–Crippen MR) is 115 cm³/mol. The molecule has 0 rings (SSSR count). The van der Waals surface area contributed by atoms with Crippen LogP contribution in [0.15, 0.2) is 0 Å². The van der Waals surface area contributed by atoms with E-state index >= 15 is 0 Å². The lowest BCUT2D eigenvalue weighted by atomic mass is 10.2. The lowest BCUT2D eigenvalue weighted by Crippen LogP contribution is -2.46. The van der Waals surface area contributed by atoms with Crippen molar-refractivity contribution in [2.75, 3.05) is 32.9 Å². The van der Waals surface area contributed by atoms with Gasteiger partial charge in [-0.2, -0.15) is 0 Å². The Morgan fingerprint density at radius 1 is 1.00 bits per heavy atom. The van der Waals surface area contributed by atoms with Gasteiger partial charge in [-0.3, -0.25) is 4.79 Å². The molecule has 0 aliphatic rings. The lowest BCUT2D eigenvalue weighted by molar-refractivity contribution is -0.139. The maximum absolute atomic E-state index is 12.4. The van der Waals surface area contributed by atoms with Crippen LogP contribution in [0.25, 0.3) is 0 Å². The summed E-state index contributed by atoms with van der Waals surface area (Å²) in [5.41, 5.74) is 0. The molecule has 0 heterocycles. The fraction of sp³-hybridized carbons (Fsp3) is 0.947. The Morgan fingerprint density at radius 3 is 1.89 bits per heavy atom. The molecule has 0 bridgehead atoms. The van der Waals surface area contributed by atoms with Gasteiger partial charge < -0.3 is 23.0 Å². The highest BCUT2D eigenvalue weighted by molar-refractivity contribution is 6.75. The number of carbonyl (C=O) groups is 1. The SMILES string of the molecule is CCO[Si](CCCNCC(C)C(=O)O[Si](C)(C)C(C)(C)C)(OCC)OCC. The first-order valence-corrected chi connectivity index (χ1v) is 15.1. The van der Waals surface area contributed by atoms with E-state index < -0.39 is 17.1 Å². The van der Waals surface area contributed by atoms with Crippen molar-refractivity contribution in [3.63, 3.8) is 0 Å². The third-order valence-corrected chi connectivity index (χ3v) is 12.4. The molecule has 0 saturated carbocycles. The van der Waals surface area contributed by atoms with Gasteiger partial charge in [0.15, 0.2) is 0 Å². The first-order chi connectivity index (χ1) is 12.4. The van der Waals surface area contributed by atoms with Gasteiger partial charge in [0.05, 0.1) is 5.92 Å². The summed E-state index contributed by atoms with van der Waals surface area (Å²) in [6.45, 7) is 21.6. The average Bonchev–Trinajstić information content (AvgIpc) is 2.53. The number of nitrogens with one attached hydrogen (secondary N) is 1. The molecule has 0 aromatic heterocycles. The molecule has 0 amide bonds. The molecule has 0 aromatic carbocycles. The lowest BCUT2D eigenvalue weighted by Gasteiger charge is -2.36. The van der Waals surface area contributed by atoms with Gasteiger partial charge in [-0.15, -0.1) is 0 Å². The van der Waals surface area contributed by atoms with Crippen LogP contribution in [0.1, 0.15) is 54.9 Å². The van der Waals surface area contributed by atoms with Crippen LogP contribution in [0.5, 0.6) is 0 Å². The molecule has 1 atom stereocenters. The monoisotopic (exact) mass is 421 g/mol. The Kier molecular flexibility index (Phi) is 12.2. The standard InChI is InChI=1S/C19H43NO5Si2/c1-10-22-27(23-11-2,24-12-3)15-13-14-20-16-17(4)18(21)25-26(8,9)19(5,6)7/h17,20H,10-16H2,1-9H3. The maximum atomic E-state index is 12.4. The summed E-state index contributed by atoms with van der Waals surface area (Å²) in [7, 11) is -4.63. The van der Waals surface area contributed by atoms with E-state index in [2.05, 4.69) is 39.2 Å². The van der Waals surface area contributed by atoms with Crippen molar-refractivity contribution < 1.29 is 22.5 Å². The summed E-state index contributed by atoms with van der Waals surface area (Å²) in [5.74, 6) is -0.262. The minimum atomic E-state index is -2.57. The van der Waals surface area contributed by atoms with Gasteiger partial charge in [0.2, 0.25) is 0 Å². The minimum absolute atomic E-state index is 0.0294. The Morgan fingerprint density at radius 2 is 1.48 bits per heavy atom. The summed E-state index contributed by atoms with van der Waals surface area (Å²) in [5, 5.41) is 3.39. The largest absolute Gasteiger partial charge is 0.519 e. The predicted octanol–water partition coefficient (Wildman–Crippen LogP) is 4.20. The van der Waals surface area contributed by atoms with Crippen molar-refractivity contribution >= 4 is 23.1 Å². The highest BCUT2D eigenvalue weighted by Crippen LogP contribution is 2.36. The van der Waals surface area contributed by atoms with Crippen molar-refractivity contribution in [3.05, 3.63) is 0 Å². The normalized spacial score (nSPS) is 14.3. The van der Waals surface area contributed by atoms with E-state index in [0.717, 1.165) is 19.0 Å². The molecule has 162 valence electrons. The number of carbonyl (C=O) groups excluding carboxylic acids is 1. The van der Waals surface area contributed by atoms with Gasteiger partial charge in [-0.05, 0) is 51.9 Å². The molecule has 27 heavy (non-hydrogen) atoms. The molecule has 0 fully saturated rings. The molecule has 1 N–H and O–H groups in total. The molecule has 8 heteroatoms. The van der Waals surface area contributed by atoms with Crippen LogP contribution in [0.2, 0.25) is 24.2 Å². The van der Waals surface area contributed by atoms with Crippen LogP contribution >= 0.6 is 0 Å². The van der Waals surface area contributed by atoms with Crippen LogP contribution < -0.4 is 5.32 Å². The van der Waals surface area contributed by atoms with Gasteiger partial charge in [-0.25, -0.2) is 0 Å². The first kappa shape index (κ1) is 26.7. The molecule has 1 unspecified atom stereocenters. The molecule has 0 spiro atoms. The second kappa shape index (κ2) is 12.3. The van der Waals surface area contributed by atoms with Crippen LogP contribution in [0, 0.1) is 5.92 Å². The molecule has 0 aromatic rings. The van der Waals surface area contributed by atoms with E-state index in [0.29, 0.717) is 26.4 Å². The fourth-order valence-corrected chi connectivity index (χ4v) is 5.96. The van der Waals surface area contributed by atoms with E-state index in [-0.39, 0.29) is 16.9 Å². The zero-order valence-corrected chi connectivity index (χ0v) is 21.1. The quantitative estimate of drug-likeness (QED) is 0.335. The third-order valence-electron chi connectivity index (χ3n) is 4.94. The number of hydrogen-bond acceptors (Lipinski definition) is 6. The summed E-state index contributed by atoms with van der Waals surface area (Å²) in [6.07, 6.45) is 0.885. The Balaban J connectivity index is 4.37. The fourth-order valence-electron chi connectivity index (χ4n) is 2.34. The molecule has 0 aliphatic heterocycles. The smallest absolute Gasteiger partial charge is 0.500 e. The summed E-state index contributed by atoms with van der Waals surface area (Å²) in [6, 6.07) is 0.776. The second-order valence-corrected chi connectivity index (χ2v) is 15.8. The molecule has 0 saturated heterocycles. The van der Waals surface area contributed by atoms with Gasteiger partial charge in [-0.1, -0.05) is 27.7 Å². The van der Waals surface area contributed by atoms with E-state index in [1.807, 2.05) is 27.7 Å². The molecular weight excluding hydrogens is 378 g/mol. The van der Waals surface area contributed by atoms with Gasteiger partial charge in [0, 0.05) is 32.4 Å². The van der Waals surface area contributed by atoms with Crippen molar-refractivity contribution in [2.45, 2.75) is 79.1 Å². The summed E-state index contributed by atoms with van der Waals surface area (Å²) < 4.78 is 23.5. The molecule has 0 aliphatic carbocycles. The Labute approximate surface area is 169 Å². The van der Waals surface area contributed by atoms with Gasteiger partial charge in [0.25, 0.3) is 14.3 Å². The van der Waals surface area contributed by atoms with Crippen molar-refractivity contribution in [1.82, 2.24) is 5.32 Å². The second-order valence-electron chi connectivity index (χ2n) is 8.37. The van der Waals surface area contributed by atoms with E-state index in [9.17, 15) is 4.79 Å². The van der Waals surface area contributed by atoms with Crippen LogP contribution in [-0.2, 0) is 22.5 Å². The molecule has 0 radical (unpaired) electrons. The minimum Gasteiger partial charge on any atom is -0.519 e. The van der Waals surface area contributed by atoms with Gasteiger partial charge in [0.1, 0.15) is 0 Å². The zero-order valence-electron chi connectivity index (χ0n) is 19.1. The molecular formula is C19H43NO5Si2. The van der Waals surface area contributed by atoms with Gasteiger partial charge >= 0.3 is 8.80 Å². The van der Waals surface area contributed by atoms with E-state index in [4.69, 9.17) is 17.7 Å². The zero-order chi connectivity index (χ0) is 21.1. The third kappa shape index (κ3) is 9.67. The van der Waals surface area contributed by atoms with Crippen molar-refractivity contribution in [1.29, 1.82) is 0 Å².